The van der Waals surface area contributed by atoms with Crippen LogP contribution in [0, 0.1) is 0 Å². The minimum absolute atomic E-state index is 0.302. The molecule has 0 radical (unpaired) electrons. The van der Waals surface area contributed by atoms with Crippen LogP contribution in [0.25, 0.3) is 0 Å². The standard InChI is InChI=1S/C19H29NO/c1-2-17-10-12-18(13-11-17)19(21)9-5-3-6-14-20-15-7-4-8-16-20/h10-13H,2-9,14-16H2,1H3. The predicted octanol–water partition coefficient (Wildman–Crippen LogP) is 4.48. The molecule has 0 bridgehead atoms. The number of unbranched alkanes of at least 4 members (excludes halogenated alkanes) is 2. The van der Waals surface area contributed by atoms with E-state index in [9.17, 15) is 4.79 Å². The number of carbonyl (C=O) groups excluding carboxylic acids is 1. The minimum atomic E-state index is 0.302. The van der Waals surface area contributed by atoms with Crippen LogP contribution in [0.5, 0.6) is 0 Å². The summed E-state index contributed by atoms with van der Waals surface area (Å²) >= 11 is 0. The van der Waals surface area contributed by atoms with E-state index in [1.165, 1.54) is 57.3 Å². The van der Waals surface area contributed by atoms with Gasteiger partial charge in [-0.25, -0.2) is 0 Å². The van der Waals surface area contributed by atoms with Gasteiger partial charge < -0.3 is 4.90 Å². The van der Waals surface area contributed by atoms with Gasteiger partial charge >= 0.3 is 0 Å². The van der Waals surface area contributed by atoms with Crippen LogP contribution in [0.2, 0.25) is 0 Å². The lowest BCUT2D eigenvalue weighted by atomic mass is 10.0. The molecule has 0 amide bonds. The average molecular weight is 287 g/mol. The molecule has 2 nitrogen and oxygen atoms in total. The van der Waals surface area contributed by atoms with Gasteiger partial charge in [0.15, 0.2) is 5.78 Å². The van der Waals surface area contributed by atoms with Crippen LogP contribution in [-0.2, 0) is 6.42 Å². The summed E-state index contributed by atoms with van der Waals surface area (Å²) in [6.07, 6.45) is 9.32. The number of piperidine rings is 1. The van der Waals surface area contributed by atoms with Crippen LogP contribution in [0.3, 0.4) is 0 Å². The lowest BCUT2D eigenvalue weighted by Crippen LogP contribution is -2.30. The first-order valence-corrected chi connectivity index (χ1v) is 8.64. The summed E-state index contributed by atoms with van der Waals surface area (Å²) in [5.74, 6) is 0.302. The van der Waals surface area contributed by atoms with Crippen molar-refractivity contribution in [3.8, 4) is 0 Å². The zero-order valence-corrected chi connectivity index (χ0v) is 13.4. The Morgan fingerprint density at radius 2 is 1.71 bits per heavy atom. The Balaban J connectivity index is 1.60. The van der Waals surface area contributed by atoms with Crippen LogP contribution in [-0.4, -0.2) is 30.3 Å². The van der Waals surface area contributed by atoms with Gasteiger partial charge in [0, 0.05) is 12.0 Å². The second kappa shape index (κ2) is 8.99. The van der Waals surface area contributed by atoms with Gasteiger partial charge in [0.05, 0.1) is 0 Å². The Bertz CT molecular complexity index is 418. The Morgan fingerprint density at radius 3 is 2.38 bits per heavy atom. The van der Waals surface area contributed by atoms with Crippen molar-refractivity contribution in [3.63, 3.8) is 0 Å². The van der Waals surface area contributed by atoms with Crippen LogP contribution in [0.15, 0.2) is 24.3 Å². The van der Waals surface area contributed by atoms with Gasteiger partial charge in [-0.1, -0.05) is 44.0 Å². The van der Waals surface area contributed by atoms with Crippen molar-refractivity contribution >= 4 is 5.78 Å². The normalized spacial score (nSPS) is 16.0. The SMILES string of the molecule is CCc1ccc(C(=O)CCCCCN2CCCCC2)cc1. The third-order valence-electron chi connectivity index (χ3n) is 4.51. The molecule has 1 aliphatic heterocycles. The van der Waals surface area contributed by atoms with Gasteiger partial charge in [0.1, 0.15) is 0 Å². The largest absolute Gasteiger partial charge is 0.303 e. The van der Waals surface area contributed by atoms with E-state index in [1.54, 1.807) is 0 Å². The second-order valence-corrected chi connectivity index (χ2v) is 6.19. The monoisotopic (exact) mass is 287 g/mol. The van der Waals surface area contributed by atoms with Crippen molar-refractivity contribution in [2.24, 2.45) is 0 Å². The minimum Gasteiger partial charge on any atom is -0.303 e. The van der Waals surface area contributed by atoms with E-state index in [4.69, 9.17) is 0 Å². The summed E-state index contributed by atoms with van der Waals surface area (Å²) in [4.78, 5) is 14.7. The van der Waals surface area contributed by atoms with Crippen LogP contribution >= 0.6 is 0 Å². The van der Waals surface area contributed by atoms with E-state index in [-0.39, 0.29) is 0 Å². The molecule has 1 aliphatic rings. The Kier molecular flexibility index (Phi) is 6.94. The van der Waals surface area contributed by atoms with Crippen molar-refractivity contribution in [2.75, 3.05) is 19.6 Å². The third kappa shape index (κ3) is 5.62. The number of aryl methyl sites for hydroxylation is 1. The lowest BCUT2D eigenvalue weighted by molar-refractivity contribution is 0.0978. The molecule has 1 aromatic rings. The Morgan fingerprint density at radius 1 is 1.00 bits per heavy atom. The number of benzene rings is 1. The molecular formula is C19H29NO. The number of likely N-dealkylation sites (tertiary alicyclic amines) is 1. The topological polar surface area (TPSA) is 20.3 Å². The van der Waals surface area contributed by atoms with Gasteiger partial charge in [0.25, 0.3) is 0 Å². The summed E-state index contributed by atoms with van der Waals surface area (Å²) < 4.78 is 0. The first-order chi connectivity index (χ1) is 10.3. The average Bonchev–Trinajstić information content (AvgIpc) is 2.55. The number of hydrogen-bond donors (Lipinski definition) is 0. The molecule has 0 saturated carbocycles. The zero-order valence-electron chi connectivity index (χ0n) is 13.4. The maximum atomic E-state index is 12.1. The quantitative estimate of drug-likeness (QED) is 0.519. The van der Waals surface area contributed by atoms with Gasteiger partial charge in [-0.15, -0.1) is 0 Å². The van der Waals surface area contributed by atoms with Crippen molar-refractivity contribution in [3.05, 3.63) is 35.4 Å². The fourth-order valence-corrected chi connectivity index (χ4v) is 3.05. The molecule has 0 aromatic heterocycles. The fraction of sp³-hybridized carbons (Fsp3) is 0.632. The van der Waals surface area contributed by atoms with Crippen LogP contribution in [0.1, 0.15) is 67.8 Å². The molecule has 0 atom stereocenters. The van der Waals surface area contributed by atoms with E-state index in [1.807, 2.05) is 12.1 Å². The molecule has 0 N–H and O–H groups in total. The number of ketones is 1. The Hall–Kier alpha value is -1.15. The van der Waals surface area contributed by atoms with E-state index in [2.05, 4.69) is 24.0 Å². The molecule has 1 heterocycles. The number of rotatable bonds is 8. The molecule has 116 valence electrons. The predicted molar refractivity (Wildman–Crippen MR) is 88.9 cm³/mol. The summed E-state index contributed by atoms with van der Waals surface area (Å²) in [6.45, 7) is 5.92. The molecule has 21 heavy (non-hydrogen) atoms. The molecule has 1 aromatic carbocycles. The van der Waals surface area contributed by atoms with Gasteiger partial charge in [-0.3, -0.25) is 4.79 Å². The van der Waals surface area contributed by atoms with Crippen molar-refractivity contribution < 1.29 is 4.79 Å². The van der Waals surface area contributed by atoms with Crippen molar-refractivity contribution in [2.45, 2.75) is 58.3 Å². The second-order valence-electron chi connectivity index (χ2n) is 6.19. The molecule has 1 saturated heterocycles. The zero-order chi connectivity index (χ0) is 14.9. The number of nitrogens with zero attached hydrogens (tertiary/aromatic N) is 1. The number of Topliss-reactive ketones (excluding diaryl/α,β-unsaturated/α-hetero) is 1. The summed E-state index contributed by atoms with van der Waals surface area (Å²) in [7, 11) is 0. The highest BCUT2D eigenvalue weighted by Crippen LogP contribution is 2.12. The summed E-state index contributed by atoms with van der Waals surface area (Å²) in [5.41, 5.74) is 2.18. The molecular weight excluding hydrogens is 258 g/mol. The van der Waals surface area contributed by atoms with E-state index in [0.717, 1.165) is 18.4 Å². The van der Waals surface area contributed by atoms with E-state index < -0.39 is 0 Å². The highest BCUT2D eigenvalue weighted by molar-refractivity contribution is 5.96. The first kappa shape index (κ1) is 16.2. The molecule has 0 unspecified atom stereocenters. The van der Waals surface area contributed by atoms with Crippen molar-refractivity contribution in [1.82, 2.24) is 4.90 Å². The lowest BCUT2D eigenvalue weighted by Gasteiger charge is -2.26. The smallest absolute Gasteiger partial charge is 0.162 e. The first-order valence-electron chi connectivity index (χ1n) is 8.64. The third-order valence-corrected chi connectivity index (χ3v) is 4.51. The fourth-order valence-electron chi connectivity index (χ4n) is 3.05. The molecule has 1 fully saturated rings. The van der Waals surface area contributed by atoms with E-state index >= 15 is 0 Å². The molecule has 0 aliphatic carbocycles. The molecule has 0 spiro atoms. The van der Waals surface area contributed by atoms with Gasteiger partial charge in [-0.05, 0) is 57.3 Å². The molecule has 2 rings (SSSR count). The number of carbonyl (C=O) groups is 1. The molecule has 2 heteroatoms. The maximum absolute atomic E-state index is 12.1. The number of hydrogen-bond acceptors (Lipinski definition) is 2. The van der Waals surface area contributed by atoms with Crippen LogP contribution in [0.4, 0.5) is 0 Å². The van der Waals surface area contributed by atoms with E-state index in [0.29, 0.717) is 12.2 Å². The van der Waals surface area contributed by atoms with Crippen molar-refractivity contribution in [1.29, 1.82) is 0 Å². The highest BCUT2D eigenvalue weighted by Gasteiger charge is 2.09. The summed E-state index contributed by atoms with van der Waals surface area (Å²) in [6, 6.07) is 8.11. The highest BCUT2D eigenvalue weighted by atomic mass is 16.1. The van der Waals surface area contributed by atoms with Crippen LogP contribution < -0.4 is 0 Å². The van der Waals surface area contributed by atoms with Gasteiger partial charge in [0.2, 0.25) is 0 Å². The summed E-state index contributed by atoms with van der Waals surface area (Å²) in [5, 5.41) is 0. The Labute approximate surface area is 129 Å². The van der Waals surface area contributed by atoms with Gasteiger partial charge in [-0.2, -0.15) is 0 Å². The maximum Gasteiger partial charge on any atom is 0.162 e.